The summed E-state index contributed by atoms with van der Waals surface area (Å²) in [6, 6.07) is 0.377. The van der Waals surface area contributed by atoms with Gasteiger partial charge in [0.1, 0.15) is 0 Å². The van der Waals surface area contributed by atoms with E-state index in [0.29, 0.717) is 24.6 Å². The second-order valence-corrected chi connectivity index (χ2v) is 3.71. The average Bonchev–Trinajstić information content (AvgIpc) is 2.25. The van der Waals surface area contributed by atoms with Crippen molar-refractivity contribution in [3.05, 3.63) is 11.6 Å². The van der Waals surface area contributed by atoms with Crippen LogP contribution in [-0.2, 0) is 9.53 Å². The Bertz CT molecular complexity index is 232. The molecule has 0 saturated carbocycles. The van der Waals surface area contributed by atoms with Gasteiger partial charge in [-0.1, -0.05) is 13.0 Å². The van der Waals surface area contributed by atoms with Crippen LogP contribution in [0.1, 0.15) is 26.2 Å². The van der Waals surface area contributed by atoms with E-state index in [1.807, 2.05) is 6.92 Å². The first kappa shape index (κ1) is 12.2. The number of aliphatic carboxylic acids is 1. The molecule has 1 saturated heterocycles. The Hall–Kier alpha value is -0.870. The molecule has 1 atom stereocenters. The van der Waals surface area contributed by atoms with Gasteiger partial charge in [-0.2, -0.15) is 0 Å². The highest BCUT2D eigenvalue weighted by molar-refractivity contribution is 5.86. The number of nitrogens with one attached hydrogen (secondary N) is 1. The van der Waals surface area contributed by atoms with Gasteiger partial charge in [0.25, 0.3) is 0 Å². The molecule has 0 aromatic carbocycles. The number of hydrogen-bond donors (Lipinski definition) is 2. The molecule has 1 heterocycles. The van der Waals surface area contributed by atoms with E-state index in [0.717, 1.165) is 26.1 Å². The average molecular weight is 213 g/mol. The lowest BCUT2D eigenvalue weighted by Crippen LogP contribution is -2.36. The first-order valence-corrected chi connectivity index (χ1v) is 5.47. The second-order valence-electron chi connectivity index (χ2n) is 3.71. The van der Waals surface area contributed by atoms with Gasteiger partial charge in [-0.15, -0.1) is 0 Å². The molecule has 0 amide bonds. The zero-order valence-corrected chi connectivity index (χ0v) is 9.16. The summed E-state index contributed by atoms with van der Waals surface area (Å²) < 4.78 is 5.31. The summed E-state index contributed by atoms with van der Waals surface area (Å²) in [5.41, 5.74) is 0.472. The maximum Gasteiger partial charge on any atom is 0.331 e. The molecule has 86 valence electrons. The minimum atomic E-state index is -0.820. The SMILES string of the molecule is CCC(=CCNC1CCCOC1)C(=O)O. The topological polar surface area (TPSA) is 58.6 Å². The van der Waals surface area contributed by atoms with Gasteiger partial charge in [0.15, 0.2) is 0 Å². The zero-order valence-electron chi connectivity index (χ0n) is 9.16. The van der Waals surface area contributed by atoms with E-state index in [1.54, 1.807) is 6.08 Å². The third-order valence-corrected chi connectivity index (χ3v) is 2.57. The van der Waals surface area contributed by atoms with Crippen molar-refractivity contribution in [3.63, 3.8) is 0 Å². The zero-order chi connectivity index (χ0) is 11.1. The highest BCUT2D eigenvalue weighted by Crippen LogP contribution is 2.06. The van der Waals surface area contributed by atoms with Crippen LogP contribution in [0.25, 0.3) is 0 Å². The largest absolute Gasteiger partial charge is 0.478 e. The van der Waals surface area contributed by atoms with E-state index in [-0.39, 0.29) is 0 Å². The lowest BCUT2D eigenvalue weighted by atomic mass is 10.1. The molecule has 0 radical (unpaired) electrons. The molecule has 4 nitrogen and oxygen atoms in total. The van der Waals surface area contributed by atoms with Gasteiger partial charge in [0.05, 0.1) is 6.61 Å². The fourth-order valence-electron chi connectivity index (χ4n) is 1.63. The molecule has 0 bridgehead atoms. The molecule has 0 aromatic heterocycles. The molecule has 0 spiro atoms. The van der Waals surface area contributed by atoms with Crippen molar-refractivity contribution in [1.82, 2.24) is 5.32 Å². The number of rotatable bonds is 5. The molecule has 4 heteroatoms. The van der Waals surface area contributed by atoms with Crippen LogP contribution in [0.2, 0.25) is 0 Å². The summed E-state index contributed by atoms with van der Waals surface area (Å²) in [5.74, 6) is -0.820. The smallest absolute Gasteiger partial charge is 0.331 e. The van der Waals surface area contributed by atoms with E-state index in [1.165, 1.54) is 0 Å². The highest BCUT2D eigenvalue weighted by Gasteiger charge is 2.12. The van der Waals surface area contributed by atoms with Crippen LogP contribution in [0.15, 0.2) is 11.6 Å². The summed E-state index contributed by atoms with van der Waals surface area (Å²) in [7, 11) is 0. The van der Waals surface area contributed by atoms with Crippen molar-refractivity contribution in [3.8, 4) is 0 Å². The maximum absolute atomic E-state index is 10.7. The minimum absolute atomic E-state index is 0.377. The fraction of sp³-hybridized carbons (Fsp3) is 0.727. The molecular weight excluding hydrogens is 194 g/mol. The molecule has 1 aliphatic heterocycles. The standard InChI is InChI=1S/C11H19NO3/c1-2-9(11(13)14)5-6-12-10-4-3-7-15-8-10/h5,10,12H,2-4,6-8H2,1H3,(H,13,14). The van der Waals surface area contributed by atoms with Crippen molar-refractivity contribution in [2.45, 2.75) is 32.2 Å². The Morgan fingerprint density at radius 3 is 3.00 bits per heavy atom. The highest BCUT2D eigenvalue weighted by atomic mass is 16.5. The van der Waals surface area contributed by atoms with E-state index in [9.17, 15) is 4.79 Å². The molecule has 0 aliphatic carbocycles. The van der Waals surface area contributed by atoms with E-state index in [2.05, 4.69) is 5.32 Å². The molecule has 2 N–H and O–H groups in total. The van der Waals surface area contributed by atoms with Gasteiger partial charge in [0.2, 0.25) is 0 Å². The molecule has 1 fully saturated rings. The minimum Gasteiger partial charge on any atom is -0.478 e. The predicted molar refractivity (Wildman–Crippen MR) is 57.9 cm³/mol. The van der Waals surface area contributed by atoms with E-state index < -0.39 is 5.97 Å². The van der Waals surface area contributed by atoms with E-state index in [4.69, 9.17) is 9.84 Å². The molecular formula is C11H19NO3. The Kier molecular flexibility index (Phi) is 5.36. The number of carboxylic acid groups (broad SMARTS) is 1. The number of ether oxygens (including phenoxy) is 1. The maximum atomic E-state index is 10.7. The van der Waals surface area contributed by atoms with Gasteiger partial charge in [-0.3, -0.25) is 0 Å². The molecule has 15 heavy (non-hydrogen) atoms. The number of carboxylic acids is 1. The van der Waals surface area contributed by atoms with Crippen LogP contribution in [0.5, 0.6) is 0 Å². The normalized spacial score (nSPS) is 22.7. The lowest BCUT2D eigenvalue weighted by Gasteiger charge is -2.22. The van der Waals surface area contributed by atoms with Crippen LogP contribution >= 0.6 is 0 Å². The van der Waals surface area contributed by atoms with Gasteiger partial charge in [-0.05, 0) is 19.3 Å². The van der Waals surface area contributed by atoms with Crippen molar-refractivity contribution in [2.24, 2.45) is 0 Å². The first-order valence-electron chi connectivity index (χ1n) is 5.47. The van der Waals surface area contributed by atoms with Crippen molar-refractivity contribution in [2.75, 3.05) is 19.8 Å². The van der Waals surface area contributed by atoms with Crippen LogP contribution in [-0.4, -0.2) is 36.9 Å². The predicted octanol–water partition coefficient (Wildman–Crippen LogP) is 1.18. The summed E-state index contributed by atoms with van der Waals surface area (Å²) in [6.45, 7) is 4.05. The van der Waals surface area contributed by atoms with Gasteiger partial charge < -0.3 is 15.2 Å². The summed E-state index contributed by atoms with van der Waals surface area (Å²) in [4.78, 5) is 10.7. The van der Waals surface area contributed by atoms with Crippen molar-refractivity contribution >= 4 is 5.97 Å². The molecule has 0 aromatic rings. The van der Waals surface area contributed by atoms with Gasteiger partial charge in [0, 0.05) is 24.8 Å². The summed E-state index contributed by atoms with van der Waals surface area (Å²) >= 11 is 0. The van der Waals surface area contributed by atoms with Gasteiger partial charge >= 0.3 is 5.97 Å². The molecule has 1 aliphatic rings. The third kappa shape index (κ3) is 4.44. The Morgan fingerprint density at radius 1 is 1.67 bits per heavy atom. The van der Waals surface area contributed by atoms with Crippen LogP contribution < -0.4 is 5.32 Å². The summed E-state index contributed by atoms with van der Waals surface area (Å²) in [5, 5.41) is 12.1. The lowest BCUT2D eigenvalue weighted by molar-refractivity contribution is -0.132. The monoisotopic (exact) mass is 213 g/mol. The van der Waals surface area contributed by atoms with Crippen LogP contribution in [0, 0.1) is 0 Å². The number of carbonyl (C=O) groups is 1. The van der Waals surface area contributed by atoms with Crippen molar-refractivity contribution < 1.29 is 14.6 Å². The Morgan fingerprint density at radius 2 is 2.47 bits per heavy atom. The summed E-state index contributed by atoms with van der Waals surface area (Å²) in [6.07, 6.45) is 4.51. The number of hydrogen-bond acceptors (Lipinski definition) is 3. The van der Waals surface area contributed by atoms with Crippen LogP contribution in [0.4, 0.5) is 0 Å². The second kappa shape index (κ2) is 6.58. The Labute approximate surface area is 90.3 Å². The van der Waals surface area contributed by atoms with Crippen LogP contribution in [0.3, 0.4) is 0 Å². The molecule has 1 rings (SSSR count). The quantitative estimate of drug-likeness (QED) is 0.673. The van der Waals surface area contributed by atoms with Gasteiger partial charge in [-0.25, -0.2) is 4.79 Å². The van der Waals surface area contributed by atoms with E-state index >= 15 is 0 Å². The Balaban J connectivity index is 2.26. The third-order valence-electron chi connectivity index (χ3n) is 2.57. The fourth-order valence-corrected chi connectivity index (χ4v) is 1.63. The molecule has 1 unspecified atom stereocenters. The first-order chi connectivity index (χ1) is 7.24. The van der Waals surface area contributed by atoms with Crippen molar-refractivity contribution in [1.29, 1.82) is 0 Å².